The molecule has 4 nitrogen and oxygen atoms in total. The van der Waals surface area contributed by atoms with Crippen molar-refractivity contribution in [2.24, 2.45) is 7.05 Å². The summed E-state index contributed by atoms with van der Waals surface area (Å²) in [5, 5.41) is 2.10. The zero-order valence-electron chi connectivity index (χ0n) is 10.2. The van der Waals surface area contributed by atoms with Crippen molar-refractivity contribution >= 4 is 23.5 Å². The van der Waals surface area contributed by atoms with Crippen LogP contribution in [0.2, 0.25) is 0 Å². The molecule has 0 saturated carbocycles. The van der Waals surface area contributed by atoms with Crippen LogP contribution < -0.4 is 5.32 Å². The molecule has 0 spiro atoms. The molecule has 2 aromatic rings. The van der Waals surface area contributed by atoms with Gasteiger partial charge in [-0.15, -0.1) is 11.6 Å². The molecule has 0 aliphatic rings. The summed E-state index contributed by atoms with van der Waals surface area (Å²) >= 11 is 5.71. The molecule has 94 valence electrons. The fourth-order valence-corrected chi connectivity index (χ4v) is 1.67. The van der Waals surface area contributed by atoms with Crippen LogP contribution in [0.3, 0.4) is 0 Å². The van der Waals surface area contributed by atoms with Crippen molar-refractivity contribution in [3.05, 3.63) is 36.5 Å². The Bertz CT molecular complexity index is 549. The lowest BCUT2D eigenvalue weighted by Gasteiger charge is -2.08. The Morgan fingerprint density at radius 3 is 2.67 bits per heavy atom. The Morgan fingerprint density at radius 1 is 1.39 bits per heavy atom. The third-order valence-corrected chi connectivity index (χ3v) is 2.85. The molecule has 0 aliphatic carbocycles. The first-order valence-electron chi connectivity index (χ1n) is 5.61. The van der Waals surface area contributed by atoms with Crippen molar-refractivity contribution in [2.75, 3.05) is 5.32 Å². The van der Waals surface area contributed by atoms with Crippen LogP contribution in [0.4, 0.5) is 5.95 Å². The van der Waals surface area contributed by atoms with Crippen LogP contribution in [0.15, 0.2) is 36.5 Å². The van der Waals surface area contributed by atoms with Gasteiger partial charge in [0.2, 0.25) is 11.9 Å². The molecule has 2 rings (SSSR count). The molecule has 1 aromatic heterocycles. The standard InChI is InChI=1S/C13H14ClN3O/c1-9(14)12(18)16-13-15-8-11(17(13)2)10-6-4-3-5-7-10/h3-9H,1-2H3,(H,15,16,18). The second kappa shape index (κ2) is 5.23. The van der Waals surface area contributed by atoms with Gasteiger partial charge < -0.3 is 4.57 Å². The summed E-state index contributed by atoms with van der Waals surface area (Å²) in [6, 6.07) is 9.86. The maximum absolute atomic E-state index is 11.5. The normalized spacial score (nSPS) is 12.2. The highest BCUT2D eigenvalue weighted by Gasteiger charge is 2.14. The van der Waals surface area contributed by atoms with E-state index >= 15 is 0 Å². The molecule has 18 heavy (non-hydrogen) atoms. The van der Waals surface area contributed by atoms with Crippen LogP contribution in [0.1, 0.15) is 6.92 Å². The maximum Gasteiger partial charge on any atom is 0.244 e. The molecular weight excluding hydrogens is 250 g/mol. The molecule has 1 atom stereocenters. The van der Waals surface area contributed by atoms with Crippen LogP contribution in [0, 0.1) is 0 Å². The van der Waals surface area contributed by atoms with Gasteiger partial charge in [-0.2, -0.15) is 0 Å². The number of rotatable bonds is 3. The van der Waals surface area contributed by atoms with Crippen LogP contribution in [0.25, 0.3) is 11.3 Å². The number of nitrogens with one attached hydrogen (secondary N) is 1. The Labute approximate surface area is 111 Å². The quantitative estimate of drug-likeness (QED) is 0.866. The van der Waals surface area contributed by atoms with E-state index in [-0.39, 0.29) is 5.91 Å². The minimum Gasteiger partial charge on any atom is -0.313 e. The monoisotopic (exact) mass is 263 g/mol. The van der Waals surface area contributed by atoms with Gasteiger partial charge >= 0.3 is 0 Å². The number of carbonyl (C=O) groups is 1. The number of carbonyl (C=O) groups excluding carboxylic acids is 1. The van der Waals surface area contributed by atoms with Crippen molar-refractivity contribution in [2.45, 2.75) is 12.3 Å². The van der Waals surface area contributed by atoms with Crippen molar-refractivity contribution in [3.63, 3.8) is 0 Å². The molecule has 1 heterocycles. The lowest BCUT2D eigenvalue weighted by Crippen LogP contribution is -2.22. The molecule has 1 amide bonds. The second-order valence-electron chi connectivity index (χ2n) is 4.00. The van der Waals surface area contributed by atoms with E-state index in [2.05, 4.69) is 10.3 Å². The summed E-state index contributed by atoms with van der Waals surface area (Å²) in [7, 11) is 1.85. The summed E-state index contributed by atoms with van der Waals surface area (Å²) in [4.78, 5) is 15.7. The smallest absolute Gasteiger partial charge is 0.244 e. The van der Waals surface area contributed by atoms with E-state index in [0.717, 1.165) is 11.3 Å². The summed E-state index contributed by atoms with van der Waals surface area (Å²) in [6.45, 7) is 1.62. The van der Waals surface area contributed by atoms with Crippen LogP contribution >= 0.6 is 11.6 Å². The van der Waals surface area contributed by atoms with Gasteiger partial charge in [0.25, 0.3) is 0 Å². The predicted octanol–water partition coefficient (Wildman–Crippen LogP) is 2.65. The minimum atomic E-state index is -0.582. The van der Waals surface area contributed by atoms with Gasteiger partial charge in [-0.25, -0.2) is 4.98 Å². The largest absolute Gasteiger partial charge is 0.313 e. The van der Waals surface area contributed by atoms with Crippen LogP contribution in [0.5, 0.6) is 0 Å². The lowest BCUT2D eigenvalue weighted by molar-refractivity contribution is -0.115. The number of hydrogen-bond donors (Lipinski definition) is 1. The molecule has 5 heteroatoms. The van der Waals surface area contributed by atoms with Crippen LogP contribution in [-0.4, -0.2) is 20.8 Å². The first-order valence-corrected chi connectivity index (χ1v) is 6.05. The average molecular weight is 264 g/mol. The topological polar surface area (TPSA) is 46.9 Å². The third kappa shape index (κ3) is 2.54. The van der Waals surface area contributed by atoms with Crippen LogP contribution in [-0.2, 0) is 11.8 Å². The number of amides is 1. The fourth-order valence-electron chi connectivity index (χ4n) is 1.61. The number of benzene rings is 1. The Balaban J connectivity index is 2.27. The highest BCUT2D eigenvalue weighted by Crippen LogP contribution is 2.21. The van der Waals surface area contributed by atoms with Gasteiger partial charge in [0, 0.05) is 7.05 Å². The number of hydrogen-bond acceptors (Lipinski definition) is 2. The molecule has 1 unspecified atom stereocenters. The van der Waals surface area contributed by atoms with Crippen molar-refractivity contribution < 1.29 is 4.79 Å². The number of halogens is 1. The molecule has 0 bridgehead atoms. The Kier molecular flexibility index (Phi) is 3.67. The van der Waals surface area contributed by atoms with Crippen molar-refractivity contribution in [1.29, 1.82) is 0 Å². The summed E-state index contributed by atoms with van der Waals surface area (Å²) < 4.78 is 1.83. The SMILES string of the molecule is CC(Cl)C(=O)Nc1ncc(-c2ccccc2)n1C. The number of anilines is 1. The zero-order valence-corrected chi connectivity index (χ0v) is 11.0. The molecule has 0 fully saturated rings. The van der Waals surface area contributed by atoms with Gasteiger partial charge in [-0.1, -0.05) is 30.3 Å². The molecule has 1 N–H and O–H groups in total. The van der Waals surface area contributed by atoms with Gasteiger partial charge in [0.15, 0.2) is 0 Å². The number of nitrogens with zero attached hydrogens (tertiary/aromatic N) is 2. The zero-order chi connectivity index (χ0) is 13.1. The molecule has 0 saturated heterocycles. The fraction of sp³-hybridized carbons (Fsp3) is 0.231. The minimum absolute atomic E-state index is 0.259. The van der Waals surface area contributed by atoms with Gasteiger partial charge in [0.05, 0.1) is 11.9 Å². The van der Waals surface area contributed by atoms with Gasteiger partial charge in [0.1, 0.15) is 5.38 Å². The number of imidazole rings is 1. The second-order valence-corrected chi connectivity index (χ2v) is 4.65. The predicted molar refractivity (Wildman–Crippen MR) is 72.6 cm³/mol. The Morgan fingerprint density at radius 2 is 2.06 bits per heavy atom. The van der Waals surface area contributed by atoms with E-state index in [9.17, 15) is 4.79 Å². The van der Waals surface area contributed by atoms with Crippen molar-refractivity contribution in [1.82, 2.24) is 9.55 Å². The molecule has 1 aromatic carbocycles. The van der Waals surface area contributed by atoms with Crippen molar-refractivity contribution in [3.8, 4) is 11.3 Å². The molecule has 0 aliphatic heterocycles. The van der Waals surface area contributed by atoms with Gasteiger partial charge in [-0.3, -0.25) is 10.1 Å². The first-order chi connectivity index (χ1) is 8.59. The van der Waals surface area contributed by atoms with E-state index < -0.39 is 5.38 Å². The van der Waals surface area contributed by atoms with Gasteiger partial charge in [-0.05, 0) is 12.5 Å². The molecule has 0 radical (unpaired) electrons. The number of alkyl halides is 1. The third-order valence-electron chi connectivity index (χ3n) is 2.65. The first kappa shape index (κ1) is 12.6. The summed E-state index contributed by atoms with van der Waals surface area (Å²) in [5.74, 6) is 0.233. The highest BCUT2D eigenvalue weighted by molar-refractivity contribution is 6.32. The van der Waals surface area contributed by atoms with E-state index in [1.54, 1.807) is 13.1 Å². The van der Waals surface area contributed by atoms with E-state index in [4.69, 9.17) is 11.6 Å². The maximum atomic E-state index is 11.5. The number of aromatic nitrogens is 2. The van der Waals surface area contributed by atoms with E-state index in [0.29, 0.717) is 5.95 Å². The lowest BCUT2D eigenvalue weighted by atomic mass is 10.2. The Hall–Kier alpha value is -1.81. The highest BCUT2D eigenvalue weighted by atomic mass is 35.5. The summed E-state index contributed by atoms with van der Waals surface area (Å²) in [6.07, 6.45) is 1.73. The van der Waals surface area contributed by atoms with E-state index in [1.165, 1.54) is 0 Å². The molecular formula is C13H14ClN3O. The summed E-state index contributed by atoms with van der Waals surface area (Å²) in [5.41, 5.74) is 1.99. The van der Waals surface area contributed by atoms with E-state index in [1.807, 2.05) is 41.9 Å². The average Bonchev–Trinajstić information content (AvgIpc) is 2.72.